The van der Waals surface area contributed by atoms with Crippen molar-refractivity contribution in [3.63, 3.8) is 0 Å². The number of allylic oxidation sites excluding steroid dienone is 6. The second kappa shape index (κ2) is 54.7. The number of amides is 1. The van der Waals surface area contributed by atoms with Gasteiger partial charge in [0.25, 0.3) is 0 Å². The molecule has 0 aromatic heterocycles. The minimum Gasteiger partial charge on any atom is -0.466 e. The Balaban J connectivity index is 3.52. The molecule has 0 rings (SSSR count). The molecule has 0 fully saturated rings. The van der Waals surface area contributed by atoms with Crippen molar-refractivity contribution in [2.75, 3.05) is 13.2 Å². The monoisotopic (exact) mass is 914 g/mol. The van der Waals surface area contributed by atoms with E-state index in [-0.39, 0.29) is 18.5 Å². The van der Waals surface area contributed by atoms with Crippen LogP contribution in [-0.2, 0) is 14.3 Å². The maximum absolute atomic E-state index is 12.5. The maximum atomic E-state index is 12.5. The lowest BCUT2D eigenvalue weighted by atomic mass is 10.0. The van der Waals surface area contributed by atoms with E-state index < -0.39 is 12.1 Å². The van der Waals surface area contributed by atoms with Crippen molar-refractivity contribution < 1.29 is 24.5 Å². The number of rotatable bonds is 53. The third kappa shape index (κ3) is 51.3. The molecule has 0 radical (unpaired) electrons. The number of unbranched alkanes of at least 4 members (excludes halogenated alkanes) is 36. The molecule has 2 atom stereocenters. The fourth-order valence-electron chi connectivity index (χ4n) is 8.73. The number of aliphatic hydroxyl groups excluding tert-OH is 2. The van der Waals surface area contributed by atoms with Gasteiger partial charge in [-0.2, -0.15) is 0 Å². The molecule has 382 valence electrons. The minimum absolute atomic E-state index is 0.0491. The van der Waals surface area contributed by atoms with Crippen molar-refractivity contribution in [2.24, 2.45) is 0 Å². The predicted molar refractivity (Wildman–Crippen MR) is 283 cm³/mol. The van der Waals surface area contributed by atoms with Crippen LogP contribution in [0.5, 0.6) is 0 Å². The molecule has 3 N–H and O–H groups in total. The number of aliphatic hydroxyl groups is 2. The summed E-state index contributed by atoms with van der Waals surface area (Å²) in [7, 11) is 0. The molecule has 0 aliphatic rings. The van der Waals surface area contributed by atoms with Gasteiger partial charge in [0.05, 0.1) is 25.4 Å². The first-order valence-electron chi connectivity index (χ1n) is 28.7. The first kappa shape index (κ1) is 63.1. The van der Waals surface area contributed by atoms with Crippen LogP contribution in [0.15, 0.2) is 36.5 Å². The number of hydrogen-bond donors (Lipinski definition) is 3. The van der Waals surface area contributed by atoms with E-state index in [1.807, 2.05) is 0 Å². The van der Waals surface area contributed by atoms with Crippen LogP contribution in [0.25, 0.3) is 0 Å². The molecule has 2 unspecified atom stereocenters. The Morgan fingerprint density at radius 2 is 0.785 bits per heavy atom. The summed E-state index contributed by atoms with van der Waals surface area (Å²) in [6.45, 7) is 4.84. The number of ether oxygens (including phenoxy) is 1. The van der Waals surface area contributed by atoms with Crippen molar-refractivity contribution >= 4 is 11.9 Å². The van der Waals surface area contributed by atoms with Gasteiger partial charge >= 0.3 is 5.97 Å². The average Bonchev–Trinajstić information content (AvgIpc) is 3.31. The van der Waals surface area contributed by atoms with Gasteiger partial charge in [-0.25, -0.2) is 0 Å². The highest BCUT2D eigenvalue weighted by molar-refractivity contribution is 5.76. The zero-order valence-electron chi connectivity index (χ0n) is 43.5. The Bertz CT molecular complexity index is 1060. The second-order valence-corrected chi connectivity index (χ2v) is 19.6. The summed E-state index contributed by atoms with van der Waals surface area (Å²) in [6.07, 6.45) is 67.1. The van der Waals surface area contributed by atoms with E-state index in [4.69, 9.17) is 4.74 Å². The van der Waals surface area contributed by atoms with E-state index in [9.17, 15) is 19.8 Å². The number of carbonyl (C=O) groups is 2. The molecule has 0 spiro atoms. The summed E-state index contributed by atoms with van der Waals surface area (Å²) in [4.78, 5) is 24.5. The number of nitrogens with one attached hydrogen (secondary N) is 1. The van der Waals surface area contributed by atoms with Gasteiger partial charge in [0.2, 0.25) is 5.91 Å². The van der Waals surface area contributed by atoms with Crippen LogP contribution >= 0.6 is 0 Å². The van der Waals surface area contributed by atoms with E-state index in [2.05, 4.69) is 55.6 Å². The fraction of sp³-hybridized carbons (Fsp3) is 0.864. The van der Waals surface area contributed by atoms with Gasteiger partial charge in [0, 0.05) is 12.8 Å². The molecule has 1 amide bonds. The zero-order chi connectivity index (χ0) is 47.2. The lowest BCUT2D eigenvalue weighted by Gasteiger charge is -2.22. The largest absolute Gasteiger partial charge is 0.466 e. The molecule has 65 heavy (non-hydrogen) atoms. The van der Waals surface area contributed by atoms with Gasteiger partial charge in [0.1, 0.15) is 0 Å². The minimum atomic E-state index is -0.698. The van der Waals surface area contributed by atoms with E-state index in [1.54, 1.807) is 0 Å². The van der Waals surface area contributed by atoms with Crippen molar-refractivity contribution in [3.05, 3.63) is 36.5 Å². The number of carbonyl (C=O) groups excluding carboxylic acids is 2. The molecular weight excluding hydrogens is 803 g/mol. The third-order valence-electron chi connectivity index (χ3n) is 13.2. The zero-order valence-corrected chi connectivity index (χ0v) is 43.5. The van der Waals surface area contributed by atoms with Crippen LogP contribution in [0, 0.1) is 0 Å². The van der Waals surface area contributed by atoms with Crippen LogP contribution in [0.4, 0.5) is 0 Å². The van der Waals surface area contributed by atoms with Gasteiger partial charge < -0.3 is 20.3 Å². The summed E-state index contributed by atoms with van der Waals surface area (Å²) in [5.41, 5.74) is 0. The Morgan fingerprint density at radius 1 is 0.431 bits per heavy atom. The topological polar surface area (TPSA) is 95.9 Å². The van der Waals surface area contributed by atoms with Crippen molar-refractivity contribution in [1.29, 1.82) is 0 Å². The molecule has 0 heterocycles. The van der Waals surface area contributed by atoms with Gasteiger partial charge in [-0.15, -0.1) is 0 Å². The number of esters is 1. The summed E-state index contributed by atoms with van der Waals surface area (Å²) in [5, 5.41) is 23.3. The Kier molecular flexibility index (Phi) is 53.1. The number of hydrogen-bond acceptors (Lipinski definition) is 5. The molecular formula is C59H111NO5. The molecule has 0 saturated carbocycles. The second-order valence-electron chi connectivity index (χ2n) is 19.6. The summed E-state index contributed by atoms with van der Waals surface area (Å²) in [5.74, 6) is -0.144. The standard InChI is InChI=1S/C59H111NO5/c1-3-5-7-9-11-13-15-17-19-20-21-22-23-24-25-26-27-29-30-32-35-39-43-47-51-57(62)56(55-61)60-58(63)52-48-44-40-36-34-38-42-46-50-54-65-59(64)53-49-45-41-37-33-31-28-18-16-14-12-10-8-6-4-2/h12,14,18,28,36,40,56-57,61-62H,3-11,13,15-17,19-27,29-35,37-39,41-55H2,1-2H3,(H,60,63)/b14-12-,28-18-,40-36-. The quantitative estimate of drug-likeness (QED) is 0.0321. The van der Waals surface area contributed by atoms with E-state index in [0.717, 1.165) is 83.5 Å². The van der Waals surface area contributed by atoms with E-state index in [1.165, 1.54) is 186 Å². The van der Waals surface area contributed by atoms with E-state index in [0.29, 0.717) is 25.9 Å². The molecule has 0 aliphatic carbocycles. The van der Waals surface area contributed by atoms with Crippen molar-refractivity contribution in [3.8, 4) is 0 Å². The molecule has 6 heteroatoms. The van der Waals surface area contributed by atoms with E-state index >= 15 is 0 Å². The highest BCUT2D eigenvalue weighted by atomic mass is 16.5. The lowest BCUT2D eigenvalue weighted by Crippen LogP contribution is -2.45. The van der Waals surface area contributed by atoms with Gasteiger partial charge in [0.15, 0.2) is 0 Å². The first-order valence-corrected chi connectivity index (χ1v) is 28.7. The average molecular weight is 915 g/mol. The highest BCUT2D eigenvalue weighted by Crippen LogP contribution is 2.17. The summed E-state index contributed by atoms with van der Waals surface area (Å²) < 4.78 is 5.44. The molecule has 6 nitrogen and oxygen atoms in total. The summed E-state index contributed by atoms with van der Waals surface area (Å²) >= 11 is 0. The smallest absolute Gasteiger partial charge is 0.305 e. The molecule has 0 bridgehead atoms. The lowest BCUT2D eigenvalue weighted by molar-refractivity contribution is -0.143. The van der Waals surface area contributed by atoms with Gasteiger partial charge in [-0.05, 0) is 77.0 Å². The summed E-state index contributed by atoms with van der Waals surface area (Å²) in [6, 6.07) is -0.582. The Morgan fingerprint density at radius 3 is 1.25 bits per heavy atom. The van der Waals surface area contributed by atoms with Crippen molar-refractivity contribution in [2.45, 2.75) is 315 Å². The van der Waals surface area contributed by atoms with Gasteiger partial charge in [-0.1, -0.05) is 249 Å². The molecule has 0 aromatic carbocycles. The van der Waals surface area contributed by atoms with Crippen LogP contribution in [0.2, 0.25) is 0 Å². The van der Waals surface area contributed by atoms with Crippen LogP contribution in [0.1, 0.15) is 303 Å². The van der Waals surface area contributed by atoms with Crippen molar-refractivity contribution in [1.82, 2.24) is 5.32 Å². The predicted octanol–water partition coefficient (Wildman–Crippen LogP) is 17.6. The Hall–Kier alpha value is -1.92. The van der Waals surface area contributed by atoms with Gasteiger partial charge in [-0.3, -0.25) is 9.59 Å². The Labute approximate surface area is 404 Å². The first-order chi connectivity index (χ1) is 32.0. The van der Waals surface area contributed by atoms with Crippen LogP contribution < -0.4 is 5.32 Å². The highest BCUT2D eigenvalue weighted by Gasteiger charge is 2.20. The third-order valence-corrected chi connectivity index (χ3v) is 13.2. The molecule has 0 aromatic rings. The SMILES string of the molecule is CCCCC/C=C\C/C=C\CCCCCCCC(=O)OCCCCCC/C=C\CCCC(=O)NC(CO)C(O)CCCCCCCCCCCCCCCCCCCCCCCCCC. The molecule has 0 aliphatic heterocycles. The molecule has 0 saturated heterocycles. The normalized spacial score (nSPS) is 12.9. The fourth-order valence-corrected chi connectivity index (χ4v) is 8.73. The van der Waals surface area contributed by atoms with Crippen LogP contribution in [0.3, 0.4) is 0 Å². The van der Waals surface area contributed by atoms with Crippen LogP contribution in [-0.4, -0.2) is 47.4 Å². The maximum Gasteiger partial charge on any atom is 0.305 e.